The second kappa shape index (κ2) is 5.18. The molecule has 5 heteroatoms. The topological polar surface area (TPSA) is 60.2 Å². The molecule has 3 aromatic rings. The Balaban J connectivity index is 2.05. The predicted octanol–water partition coefficient (Wildman–Crippen LogP) is 3.28. The van der Waals surface area contributed by atoms with Crippen molar-refractivity contribution in [2.45, 2.75) is 16.8 Å². The number of hydrogen-bond donors (Lipinski definition) is 0. The molecular formula is C16H12NO3S. The molecule has 0 aliphatic heterocycles. The minimum absolute atomic E-state index is 0.172. The molecule has 0 aliphatic rings. The summed E-state index contributed by atoms with van der Waals surface area (Å²) in [6.07, 6.45) is 2.40. The highest BCUT2D eigenvalue weighted by Crippen LogP contribution is 2.26. The Kier molecular flexibility index (Phi) is 3.35. The van der Waals surface area contributed by atoms with Gasteiger partial charge in [-0.2, -0.15) is 4.98 Å². The van der Waals surface area contributed by atoms with Crippen LogP contribution in [0, 0.1) is 13.2 Å². The molecule has 3 rings (SSSR count). The van der Waals surface area contributed by atoms with E-state index in [1.807, 2.05) is 31.2 Å². The van der Waals surface area contributed by atoms with E-state index in [9.17, 15) is 8.42 Å². The Bertz CT molecular complexity index is 867. The average Bonchev–Trinajstić information content (AvgIpc) is 2.99. The fourth-order valence-electron chi connectivity index (χ4n) is 1.98. The molecule has 0 unspecified atom stereocenters. The number of oxazole rings is 1. The number of rotatable bonds is 3. The molecule has 21 heavy (non-hydrogen) atoms. The molecule has 1 heterocycles. The molecule has 0 N–H and O–H groups in total. The van der Waals surface area contributed by atoms with Crippen molar-refractivity contribution < 1.29 is 12.8 Å². The Labute approximate surface area is 123 Å². The van der Waals surface area contributed by atoms with E-state index >= 15 is 0 Å². The van der Waals surface area contributed by atoms with Crippen molar-refractivity contribution in [3.63, 3.8) is 0 Å². The summed E-state index contributed by atoms with van der Waals surface area (Å²) in [6.45, 7) is 1.91. The molecule has 4 nitrogen and oxygen atoms in total. The number of nitrogens with zero attached hydrogens (tertiary/aromatic N) is 1. The summed E-state index contributed by atoms with van der Waals surface area (Å²) in [5.74, 6) is 0.252. The standard InChI is InChI=1S/C16H12NO3S/c1-12-7-5-6-10-14(12)16-17-15(11-20-16)21(18,19)13-8-3-2-4-9-13/h2-10H,1H3. The first-order chi connectivity index (χ1) is 10.1. The fourth-order valence-corrected chi connectivity index (χ4v) is 3.08. The molecule has 0 fully saturated rings. The fraction of sp³-hybridized carbons (Fsp3) is 0.0625. The highest BCUT2D eigenvalue weighted by atomic mass is 32.2. The molecule has 105 valence electrons. The quantitative estimate of drug-likeness (QED) is 0.744. The maximum absolute atomic E-state index is 12.4. The summed E-state index contributed by atoms with van der Waals surface area (Å²) in [6, 6.07) is 15.6. The van der Waals surface area contributed by atoms with Crippen molar-refractivity contribution in [1.29, 1.82) is 0 Å². The van der Waals surface area contributed by atoms with Crippen molar-refractivity contribution in [3.05, 3.63) is 66.4 Å². The molecule has 0 saturated carbocycles. The monoisotopic (exact) mass is 298 g/mol. The van der Waals surface area contributed by atoms with Gasteiger partial charge in [-0.15, -0.1) is 0 Å². The first kappa shape index (κ1) is 13.6. The first-order valence-corrected chi connectivity index (χ1v) is 7.82. The molecule has 0 aliphatic carbocycles. The third-order valence-electron chi connectivity index (χ3n) is 3.12. The van der Waals surface area contributed by atoms with Crippen molar-refractivity contribution >= 4 is 9.84 Å². The zero-order valence-corrected chi connectivity index (χ0v) is 12.1. The van der Waals surface area contributed by atoms with Gasteiger partial charge in [-0.05, 0) is 30.7 Å². The normalized spacial score (nSPS) is 11.5. The molecule has 0 bridgehead atoms. The highest BCUT2D eigenvalue weighted by molar-refractivity contribution is 7.91. The van der Waals surface area contributed by atoms with Crippen molar-refractivity contribution in [2.75, 3.05) is 0 Å². The summed E-state index contributed by atoms with van der Waals surface area (Å²) in [5, 5.41) is -0.202. The number of sulfone groups is 1. The number of benzene rings is 2. The Morgan fingerprint density at radius 2 is 1.67 bits per heavy atom. The Morgan fingerprint density at radius 3 is 2.38 bits per heavy atom. The van der Waals surface area contributed by atoms with E-state index < -0.39 is 9.84 Å². The minimum Gasteiger partial charge on any atom is -0.431 e. The van der Waals surface area contributed by atoms with E-state index in [1.54, 1.807) is 18.2 Å². The lowest BCUT2D eigenvalue weighted by atomic mass is 10.1. The van der Waals surface area contributed by atoms with Crippen LogP contribution in [-0.4, -0.2) is 13.4 Å². The number of aryl methyl sites for hydroxylation is 1. The average molecular weight is 298 g/mol. The van der Waals surface area contributed by atoms with Gasteiger partial charge in [-0.25, -0.2) is 8.42 Å². The molecule has 0 saturated heterocycles. The van der Waals surface area contributed by atoms with Crippen molar-refractivity contribution in [2.24, 2.45) is 0 Å². The third kappa shape index (κ3) is 2.48. The molecule has 2 aromatic carbocycles. The van der Waals surface area contributed by atoms with E-state index in [0.717, 1.165) is 11.1 Å². The number of hydrogen-bond acceptors (Lipinski definition) is 4. The third-order valence-corrected chi connectivity index (χ3v) is 4.70. The van der Waals surface area contributed by atoms with Gasteiger partial charge >= 0.3 is 0 Å². The zero-order chi connectivity index (χ0) is 14.9. The second-order valence-electron chi connectivity index (χ2n) is 4.56. The van der Waals surface area contributed by atoms with Crippen LogP contribution in [0.1, 0.15) is 5.56 Å². The van der Waals surface area contributed by atoms with Gasteiger partial charge in [0.2, 0.25) is 27.0 Å². The van der Waals surface area contributed by atoms with Gasteiger partial charge in [-0.1, -0.05) is 36.4 Å². The van der Waals surface area contributed by atoms with Crippen LogP contribution < -0.4 is 0 Å². The molecule has 0 atom stereocenters. The van der Waals surface area contributed by atoms with Crippen LogP contribution in [0.4, 0.5) is 0 Å². The summed E-state index contributed by atoms with van der Waals surface area (Å²) < 4.78 is 30.0. The molecular weight excluding hydrogens is 286 g/mol. The van der Waals surface area contributed by atoms with Gasteiger partial charge in [0.1, 0.15) is 0 Å². The maximum Gasteiger partial charge on any atom is 0.228 e. The smallest absolute Gasteiger partial charge is 0.228 e. The van der Waals surface area contributed by atoms with Crippen molar-refractivity contribution in [1.82, 2.24) is 4.98 Å². The van der Waals surface area contributed by atoms with Crippen LogP contribution in [-0.2, 0) is 9.84 Å². The predicted molar refractivity (Wildman–Crippen MR) is 77.4 cm³/mol. The SMILES string of the molecule is Cc1ccccc1-c1nc(S(=O)(=O)c2ccccc2)[c]o1. The number of aromatic nitrogens is 1. The van der Waals surface area contributed by atoms with Gasteiger partial charge in [0.05, 0.1) is 4.90 Å². The first-order valence-electron chi connectivity index (χ1n) is 6.34. The largest absolute Gasteiger partial charge is 0.431 e. The minimum atomic E-state index is -3.70. The molecule has 1 aromatic heterocycles. The lowest BCUT2D eigenvalue weighted by molar-refractivity contribution is 0.557. The Hall–Kier alpha value is -2.40. The maximum atomic E-state index is 12.4. The van der Waals surface area contributed by atoms with Crippen molar-refractivity contribution in [3.8, 4) is 11.5 Å². The van der Waals surface area contributed by atoms with Crippen LogP contribution in [0.25, 0.3) is 11.5 Å². The van der Waals surface area contributed by atoms with E-state index in [2.05, 4.69) is 11.2 Å². The summed E-state index contributed by atoms with van der Waals surface area (Å²) in [7, 11) is -3.70. The zero-order valence-electron chi connectivity index (χ0n) is 11.3. The highest BCUT2D eigenvalue weighted by Gasteiger charge is 2.23. The van der Waals surface area contributed by atoms with Crippen LogP contribution in [0.15, 0.2) is 68.9 Å². The molecule has 1 radical (unpaired) electrons. The summed E-state index contributed by atoms with van der Waals surface area (Å²) in [4.78, 5) is 4.25. The molecule has 0 amide bonds. The van der Waals surface area contributed by atoms with Gasteiger partial charge < -0.3 is 4.42 Å². The van der Waals surface area contributed by atoms with E-state index in [0.29, 0.717) is 0 Å². The lowest BCUT2D eigenvalue weighted by Gasteiger charge is -2.00. The lowest BCUT2D eigenvalue weighted by Crippen LogP contribution is -2.02. The van der Waals surface area contributed by atoms with Gasteiger partial charge in [0.15, 0.2) is 0 Å². The van der Waals surface area contributed by atoms with Gasteiger partial charge in [-0.3, -0.25) is 0 Å². The van der Waals surface area contributed by atoms with E-state index in [1.165, 1.54) is 12.1 Å². The molecule has 0 spiro atoms. The summed E-state index contributed by atoms with van der Waals surface area (Å²) in [5.41, 5.74) is 1.71. The second-order valence-corrected chi connectivity index (χ2v) is 6.42. The van der Waals surface area contributed by atoms with Gasteiger partial charge in [0, 0.05) is 5.56 Å². The van der Waals surface area contributed by atoms with Crippen LogP contribution >= 0.6 is 0 Å². The van der Waals surface area contributed by atoms with E-state index in [-0.39, 0.29) is 15.8 Å². The van der Waals surface area contributed by atoms with Crippen LogP contribution in [0.3, 0.4) is 0 Å². The Morgan fingerprint density at radius 1 is 1.00 bits per heavy atom. The summed E-state index contributed by atoms with van der Waals surface area (Å²) >= 11 is 0. The van der Waals surface area contributed by atoms with Crippen LogP contribution in [0.2, 0.25) is 0 Å². The van der Waals surface area contributed by atoms with Crippen LogP contribution in [0.5, 0.6) is 0 Å². The van der Waals surface area contributed by atoms with E-state index in [4.69, 9.17) is 4.42 Å². The van der Waals surface area contributed by atoms with Gasteiger partial charge in [0.25, 0.3) is 0 Å².